The van der Waals surface area contributed by atoms with E-state index in [-0.39, 0.29) is 0 Å². The van der Waals surface area contributed by atoms with Crippen molar-refractivity contribution in [3.63, 3.8) is 0 Å². The largest absolute Gasteiger partial charge is 0.0834 e. The van der Waals surface area contributed by atoms with Gasteiger partial charge in [-0.3, -0.25) is 0 Å². The van der Waals surface area contributed by atoms with Crippen LogP contribution in [0.25, 0.3) is 0 Å². The summed E-state index contributed by atoms with van der Waals surface area (Å²) in [6.45, 7) is 4.62. The van der Waals surface area contributed by atoms with Crippen LogP contribution in [0.3, 0.4) is 0 Å². The zero-order chi connectivity index (χ0) is 38.1. The monoisotopic (exact) mass is 758 g/mol. The Kier molecular flexibility index (Phi) is 51.8. The van der Waals surface area contributed by atoms with Gasteiger partial charge in [-0.25, -0.2) is 0 Å². The molecule has 53 heavy (non-hydrogen) atoms. The average molecular weight is 758 g/mol. The zero-order valence-corrected chi connectivity index (χ0v) is 38.2. The highest BCUT2D eigenvalue weighted by molar-refractivity contribution is 7.45. The van der Waals surface area contributed by atoms with E-state index in [0.717, 1.165) is 0 Å². The molecule has 0 N–H and O–H groups in total. The second kappa shape index (κ2) is 51.9. The first-order valence-corrected chi connectivity index (χ1v) is 26.4. The molecule has 0 saturated carbocycles. The van der Waals surface area contributed by atoms with Gasteiger partial charge in [0.25, 0.3) is 0 Å². The minimum Gasteiger partial charge on any atom is -0.0834 e. The molecule has 0 bridgehead atoms. The second-order valence-electron chi connectivity index (χ2n) is 17.3. The van der Waals surface area contributed by atoms with E-state index in [1.165, 1.54) is 304 Å². The van der Waals surface area contributed by atoms with Crippen LogP contribution >= 0.6 is 8.58 Å². The molecule has 0 aliphatic carbocycles. The SMILES string of the molecule is CCCCCCCCCCCCCCCCCCCCCCCC/C=C/[P]/C=C/CCCCCCCCCCCCCCCCCCCCCCCC. The van der Waals surface area contributed by atoms with E-state index < -0.39 is 0 Å². The quantitative estimate of drug-likeness (QED) is 0.0428. The lowest BCUT2D eigenvalue weighted by molar-refractivity contribution is 0.519. The molecule has 0 spiro atoms. The summed E-state index contributed by atoms with van der Waals surface area (Å²) in [6, 6.07) is 0. The van der Waals surface area contributed by atoms with Gasteiger partial charge < -0.3 is 0 Å². The van der Waals surface area contributed by atoms with Crippen LogP contribution in [0.4, 0.5) is 0 Å². The van der Waals surface area contributed by atoms with Gasteiger partial charge in [-0.05, 0) is 34.3 Å². The molecule has 0 aromatic rings. The first kappa shape index (κ1) is 52.9. The Morgan fingerprint density at radius 3 is 0.528 bits per heavy atom. The van der Waals surface area contributed by atoms with E-state index in [2.05, 4.69) is 37.6 Å². The number of hydrogen-bond acceptors (Lipinski definition) is 0. The maximum absolute atomic E-state index is 2.42. The normalized spacial score (nSPS) is 12.0. The third-order valence-electron chi connectivity index (χ3n) is 11.8. The van der Waals surface area contributed by atoms with Crippen LogP contribution in [0.1, 0.15) is 309 Å². The van der Waals surface area contributed by atoms with Crippen molar-refractivity contribution in [1.29, 1.82) is 0 Å². The molecule has 1 heteroatoms. The van der Waals surface area contributed by atoms with Gasteiger partial charge in [-0.1, -0.05) is 307 Å². The van der Waals surface area contributed by atoms with Crippen molar-refractivity contribution < 1.29 is 0 Å². The van der Waals surface area contributed by atoms with Crippen LogP contribution in [0.15, 0.2) is 23.8 Å². The molecule has 0 nitrogen and oxygen atoms in total. The summed E-state index contributed by atoms with van der Waals surface area (Å²) in [5, 5.41) is 0. The molecule has 0 atom stereocenters. The van der Waals surface area contributed by atoms with Gasteiger partial charge in [0.1, 0.15) is 0 Å². The summed E-state index contributed by atoms with van der Waals surface area (Å²) < 4.78 is 0. The van der Waals surface area contributed by atoms with E-state index in [1.807, 2.05) is 0 Å². The van der Waals surface area contributed by atoms with Crippen LogP contribution in [0, 0.1) is 0 Å². The molecule has 0 aromatic carbocycles. The summed E-state index contributed by atoms with van der Waals surface area (Å²) >= 11 is 0. The lowest BCUT2D eigenvalue weighted by atomic mass is 10.0. The molecule has 0 aliphatic heterocycles. The molecule has 0 saturated heterocycles. The van der Waals surface area contributed by atoms with Crippen molar-refractivity contribution in [3.05, 3.63) is 23.8 Å². The van der Waals surface area contributed by atoms with E-state index in [1.54, 1.807) is 0 Å². The number of allylic oxidation sites excluding steroid dienone is 2. The zero-order valence-electron chi connectivity index (χ0n) is 37.3. The van der Waals surface area contributed by atoms with Gasteiger partial charge in [-0.15, -0.1) is 0 Å². The topological polar surface area (TPSA) is 0 Å². The maximum Gasteiger partial charge on any atom is -0.0267 e. The van der Waals surface area contributed by atoms with E-state index in [0.29, 0.717) is 0 Å². The van der Waals surface area contributed by atoms with Crippen molar-refractivity contribution >= 4 is 8.58 Å². The van der Waals surface area contributed by atoms with Crippen LogP contribution in [0.5, 0.6) is 0 Å². The second-order valence-corrected chi connectivity index (χ2v) is 18.2. The molecule has 0 rings (SSSR count). The predicted octanol–water partition coefficient (Wildman–Crippen LogP) is 20.9. The maximum atomic E-state index is 2.42. The van der Waals surface area contributed by atoms with Crippen LogP contribution in [-0.2, 0) is 0 Å². The van der Waals surface area contributed by atoms with Crippen molar-refractivity contribution in [3.8, 4) is 0 Å². The van der Waals surface area contributed by atoms with Gasteiger partial charge in [0.05, 0.1) is 0 Å². The molecule has 1 radical (unpaired) electrons. The minimum atomic E-state index is 1.28. The highest BCUT2D eigenvalue weighted by atomic mass is 31.1. The number of unbranched alkanes of at least 4 members (excludes halogenated alkanes) is 44. The van der Waals surface area contributed by atoms with E-state index >= 15 is 0 Å². The highest BCUT2D eigenvalue weighted by Crippen LogP contribution is 2.19. The molecule has 0 unspecified atom stereocenters. The Bertz CT molecular complexity index is 608. The molecule has 0 aliphatic rings. The summed E-state index contributed by atoms with van der Waals surface area (Å²) in [5.74, 6) is 4.74. The molecular weight excluding hydrogens is 656 g/mol. The molecular formula is C52H102P. The average Bonchev–Trinajstić information content (AvgIpc) is 3.17. The first-order valence-electron chi connectivity index (χ1n) is 25.4. The van der Waals surface area contributed by atoms with E-state index in [9.17, 15) is 0 Å². The molecule has 315 valence electrons. The summed E-state index contributed by atoms with van der Waals surface area (Å²) in [4.78, 5) is 0. The Morgan fingerprint density at radius 2 is 0.358 bits per heavy atom. The fraction of sp³-hybridized carbons (Fsp3) is 0.923. The number of rotatable bonds is 48. The fourth-order valence-electron chi connectivity index (χ4n) is 8.06. The molecule has 0 heterocycles. The van der Waals surface area contributed by atoms with Gasteiger partial charge in [-0.2, -0.15) is 0 Å². The number of hydrogen-bond donors (Lipinski definition) is 0. The van der Waals surface area contributed by atoms with Gasteiger partial charge >= 0.3 is 0 Å². The van der Waals surface area contributed by atoms with Crippen LogP contribution in [-0.4, -0.2) is 0 Å². The lowest BCUT2D eigenvalue weighted by Gasteiger charge is -2.04. The smallest absolute Gasteiger partial charge is 0.0267 e. The lowest BCUT2D eigenvalue weighted by Crippen LogP contribution is -1.84. The third-order valence-corrected chi connectivity index (χ3v) is 12.6. The van der Waals surface area contributed by atoms with Crippen molar-refractivity contribution in [2.75, 3.05) is 0 Å². The summed E-state index contributed by atoms with van der Waals surface area (Å²) in [7, 11) is 1.38. The molecule has 0 fully saturated rings. The van der Waals surface area contributed by atoms with Gasteiger partial charge in [0, 0.05) is 0 Å². The Hall–Kier alpha value is -0.0900. The Morgan fingerprint density at radius 1 is 0.208 bits per heavy atom. The summed E-state index contributed by atoms with van der Waals surface area (Å²) in [5.41, 5.74) is 0. The third kappa shape index (κ3) is 51.9. The van der Waals surface area contributed by atoms with Crippen LogP contribution in [0.2, 0.25) is 0 Å². The standard InChI is InChI=1S/C52H102P/c1-3-5-7-9-11-13-15-17-19-21-23-25-27-29-31-33-35-37-39-41-43-45-47-49-51-53-52-50-48-46-44-42-40-38-36-34-32-30-28-26-24-22-20-18-16-14-12-10-8-6-4-2/h49-52H,3-48H2,1-2H3/b51-49+,52-50+. The molecule has 0 aromatic heterocycles. The highest BCUT2D eigenvalue weighted by Gasteiger charge is 1.98. The Labute approximate surface area is 340 Å². The fourth-order valence-corrected chi connectivity index (χ4v) is 8.70. The molecule has 0 amide bonds. The van der Waals surface area contributed by atoms with Crippen molar-refractivity contribution in [1.82, 2.24) is 0 Å². The first-order chi connectivity index (χ1) is 26.4. The minimum absolute atomic E-state index is 1.28. The van der Waals surface area contributed by atoms with E-state index in [4.69, 9.17) is 0 Å². The Balaban J connectivity index is 3.14. The van der Waals surface area contributed by atoms with Crippen LogP contribution < -0.4 is 0 Å². The predicted molar refractivity (Wildman–Crippen MR) is 249 cm³/mol. The van der Waals surface area contributed by atoms with Crippen molar-refractivity contribution in [2.24, 2.45) is 0 Å². The van der Waals surface area contributed by atoms with Gasteiger partial charge in [0.2, 0.25) is 0 Å². The van der Waals surface area contributed by atoms with Gasteiger partial charge in [0.15, 0.2) is 0 Å². The van der Waals surface area contributed by atoms with Crippen molar-refractivity contribution in [2.45, 2.75) is 309 Å². The summed E-state index contributed by atoms with van der Waals surface area (Å²) in [6.07, 6.45) is 71.9.